The average molecular weight is 313 g/mol. The molecule has 7 heteroatoms. The molecular formula is C11H9BrN2O4. The van der Waals surface area contributed by atoms with E-state index in [0.717, 1.165) is 0 Å². The normalized spacial score (nSPS) is 10.4. The van der Waals surface area contributed by atoms with E-state index in [9.17, 15) is 9.59 Å². The van der Waals surface area contributed by atoms with Gasteiger partial charge in [-0.15, -0.1) is 0 Å². The van der Waals surface area contributed by atoms with E-state index in [1.165, 1.54) is 18.6 Å². The third kappa shape index (κ3) is 1.97. The first-order valence-corrected chi connectivity index (χ1v) is 5.72. The van der Waals surface area contributed by atoms with Gasteiger partial charge in [-0.25, -0.2) is 9.78 Å². The Kier molecular flexibility index (Phi) is 3.33. The van der Waals surface area contributed by atoms with E-state index in [2.05, 4.69) is 25.7 Å². The molecule has 0 aliphatic rings. The van der Waals surface area contributed by atoms with Crippen molar-refractivity contribution in [2.75, 3.05) is 14.2 Å². The van der Waals surface area contributed by atoms with Crippen LogP contribution in [-0.4, -0.2) is 29.6 Å². The fourth-order valence-corrected chi connectivity index (χ4v) is 1.85. The lowest BCUT2D eigenvalue weighted by atomic mass is 10.3. The number of methoxy groups -OCH3 is 2. The van der Waals surface area contributed by atoms with Gasteiger partial charge in [0, 0.05) is 10.7 Å². The Morgan fingerprint density at radius 3 is 2.72 bits per heavy atom. The molecule has 0 aromatic carbocycles. The van der Waals surface area contributed by atoms with Crippen molar-refractivity contribution >= 4 is 27.5 Å². The lowest BCUT2D eigenvalue weighted by molar-refractivity contribution is 0.0590. The number of carbonyl (C=O) groups excluding carboxylic acids is 1. The van der Waals surface area contributed by atoms with Crippen LogP contribution < -0.4 is 10.3 Å². The summed E-state index contributed by atoms with van der Waals surface area (Å²) in [6, 6.07) is 3.33. The van der Waals surface area contributed by atoms with Crippen LogP contribution in [0, 0.1) is 0 Å². The van der Waals surface area contributed by atoms with Gasteiger partial charge in [-0.2, -0.15) is 0 Å². The highest BCUT2D eigenvalue weighted by Crippen LogP contribution is 2.15. The van der Waals surface area contributed by atoms with Gasteiger partial charge in [0.15, 0.2) is 5.69 Å². The quantitative estimate of drug-likeness (QED) is 0.781. The third-order valence-corrected chi connectivity index (χ3v) is 2.80. The lowest BCUT2D eigenvalue weighted by Crippen LogP contribution is -2.22. The maximum Gasteiger partial charge on any atom is 0.360 e. The van der Waals surface area contributed by atoms with Crippen LogP contribution in [0.2, 0.25) is 0 Å². The van der Waals surface area contributed by atoms with Gasteiger partial charge >= 0.3 is 11.5 Å². The van der Waals surface area contributed by atoms with Crippen LogP contribution in [0.1, 0.15) is 10.5 Å². The highest BCUT2D eigenvalue weighted by Gasteiger charge is 2.20. The number of carbonyl (C=O) groups is 1. The van der Waals surface area contributed by atoms with Crippen molar-refractivity contribution < 1.29 is 14.3 Å². The smallest absolute Gasteiger partial charge is 0.360 e. The van der Waals surface area contributed by atoms with Crippen molar-refractivity contribution in [3.63, 3.8) is 0 Å². The lowest BCUT2D eigenvalue weighted by Gasteiger charge is -2.08. The Bertz CT molecular complexity index is 681. The van der Waals surface area contributed by atoms with Gasteiger partial charge in [-0.1, -0.05) is 0 Å². The van der Waals surface area contributed by atoms with E-state index in [1.807, 2.05) is 0 Å². The maximum absolute atomic E-state index is 12.1. The largest absolute Gasteiger partial charge is 0.489 e. The summed E-state index contributed by atoms with van der Waals surface area (Å²) in [5.41, 5.74) is -0.263. The molecule has 18 heavy (non-hydrogen) atoms. The van der Waals surface area contributed by atoms with E-state index >= 15 is 0 Å². The molecule has 0 N–H and O–H groups in total. The van der Waals surface area contributed by atoms with Crippen molar-refractivity contribution in [3.8, 4) is 5.75 Å². The average Bonchev–Trinajstić information content (AvgIpc) is 2.38. The molecule has 0 unspecified atom stereocenters. The number of aromatic nitrogens is 2. The summed E-state index contributed by atoms with van der Waals surface area (Å²) in [6.45, 7) is 0. The summed E-state index contributed by atoms with van der Waals surface area (Å²) < 4.78 is 11.5. The molecule has 0 spiro atoms. The highest BCUT2D eigenvalue weighted by atomic mass is 79.9. The molecule has 0 amide bonds. The molecule has 94 valence electrons. The van der Waals surface area contributed by atoms with Gasteiger partial charge in [-0.05, 0) is 28.1 Å². The summed E-state index contributed by atoms with van der Waals surface area (Å²) in [5, 5.41) is 0. The van der Waals surface area contributed by atoms with E-state index in [4.69, 9.17) is 4.74 Å². The molecule has 0 atom stereocenters. The molecule has 0 fully saturated rings. The second kappa shape index (κ2) is 4.77. The molecule has 2 heterocycles. The summed E-state index contributed by atoms with van der Waals surface area (Å²) in [6.07, 6.45) is 1.55. The standard InChI is InChI=1S/C11H9BrN2O4/c1-17-9-8(11(16)18-2)13-7-4-3-6(12)5-14(7)10(9)15/h3-5H,1-2H3. The summed E-state index contributed by atoms with van der Waals surface area (Å²) in [5.74, 6) is -0.855. The first kappa shape index (κ1) is 12.6. The van der Waals surface area contributed by atoms with E-state index in [0.29, 0.717) is 10.1 Å². The number of pyridine rings is 1. The predicted molar refractivity (Wildman–Crippen MR) is 67.1 cm³/mol. The number of hydrogen-bond donors (Lipinski definition) is 0. The Morgan fingerprint density at radius 2 is 2.11 bits per heavy atom. The van der Waals surface area contributed by atoms with Crippen LogP contribution in [0.3, 0.4) is 0 Å². The Morgan fingerprint density at radius 1 is 1.39 bits per heavy atom. The molecule has 2 rings (SSSR count). The number of rotatable bonds is 2. The highest BCUT2D eigenvalue weighted by molar-refractivity contribution is 9.10. The van der Waals surface area contributed by atoms with Gasteiger partial charge in [0.1, 0.15) is 5.65 Å². The minimum absolute atomic E-state index is 0.132. The molecular weight excluding hydrogens is 304 g/mol. The monoisotopic (exact) mass is 312 g/mol. The van der Waals surface area contributed by atoms with Gasteiger partial charge in [-0.3, -0.25) is 9.20 Å². The number of esters is 1. The molecule has 0 saturated carbocycles. The van der Waals surface area contributed by atoms with Gasteiger partial charge in [0.2, 0.25) is 5.75 Å². The zero-order chi connectivity index (χ0) is 13.3. The van der Waals surface area contributed by atoms with Crippen LogP contribution in [0.5, 0.6) is 5.75 Å². The maximum atomic E-state index is 12.1. The first-order valence-electron chi connectivity index (χ1n) is 4.92. The Hall–Kier alpha value is -1.89. The number of halogens is 1. The molecule has 0 bridgehead atoms. The van der Waals surface area contributed by atoms with Crippen LogP contribution in [0.15, 0.2) is 27.6 Å². The molecule has 2 aromatic heterocycles. The third-order valence-electron chi connectivity index (χ3n) is 2.33. The van der Waals surface area contributed by atoms with Gasteiger partial charge in [0.05, 0.1) is 14.2 Å². The van der Waals surface area contributed by atoms with Gasteiger partial charge < -0.3 is 9.47 Å². The van der Waals surface area contributed by atoms with Crippen LogP contribution >= 0.6 is 15.9 Å². The van der Waals surface area contributed by atoms with Crippen molar-refractivity contribution in [3.05, 3.63) is 38.9 Å². The zero-order valence-electron chi connectivity index (χ0n) is 9.64. The number of ether oxygens (including phenoxy) is 2. The molecule has 0 aliphatic carbocycles. The molecule has 6 nitrogen and oxygen atoms in total. The van der Waals surface area contributed by atoms with Crippen molar-refractivity contribution in [1.82, 2.24) is 9.38 Å². The predicted octanol–water partition coefficient (Wildman–Crippen LogP) is 1.25. The summed E-state index contributed by atoms with van der Waals surface area (Å²) in [4.78, 5) is 27.7. The van der Waals surface area contributed by atoms with Crippen LogP contribution in [0.4, 0.5) is 0 Å². The van der Waals surface area contributed by atoms with Crippen LogP contribution in [-0.2, 0) is 4.74 Å². The molecule has 0 aliphatic heterocycles. The minimum Gasteiger partial charge on any atom is -0.489 e. The Balaban J connectivity index is 2.86. The SMILES string of the molecule is COC(=O)c1nc2ccc(Br)cn2c(=O)c1OC. The van der Waals surface area contributed by atoms with Crippen LogP contribution in [0.25, 0.3) is 5.65 Å². The van der Waals surface area contributed by atoms with E-state index in [1.54, 1.807) is 18.3 Å². The van der Waals surface area contributed by atoms with Gasteiger partial charge in [0.25, 0.3) is 0 Å². The molecule has 0 radical (unpaired) electrons. The van der Waals surface area contributed by atoms with E-state index in [-0.39, 0.29) is 11.4 Å². The Labute approximate surface area is 110 Å². The molecule has 2 aromatic rings. The van der Waals surface area contributed by atoms with Crippen molar-refractivity contribution in [2.24, 2.45) is 0 Å². The second-order valence-electron chi connectivity index (χ2n) is 3.37. The fraction of sp³-hybridized carbons (Fsp3) is 0.182. The van der Waals surface area contributed by atoms with Crippen molar-refractivity contribution in [1.29, 1.82) is 0 Å². The first-order chi connectivity index (χ1) is 8.58. The minimum atomic E-state index is -0.714. The second-order valence-corrected chi connectivity index (χ2v) is 4.28. The number of fused-ring (bicyclic) bond motifs is 1. The molecule has 0 saturated heterocycles. The number of hydrogen-bond acceptors (Lipinski definition) is 5. The summed E-state index contributed by atoms with van der Waals surface area (Å²) >= 11 is 3.25. The van der Waals surface area contributed by atoms with E-state index < -0.39 is 11.5 Å². The zero-order valence-corrected chi connectivity index (χ0v) is 11.2. The summed E-state index contributed by atoms with van der Waals surface area (Å²) in [7, 11) is 2.52. The number of nitrogens with zero attached hydrogens (tertiary/aromatic N) is 2. The fourth-order valence-electron chi connectivity index (χ4n) is 1.52. The topological polar surface area (TPSA) is 69.9 Å². The van der Waals surface area contributed by atoms with Crippen molar-refractivity contribution in [2.45, 2.75) is 0 Å².